The van der Waals surface area contributed by atoms with E-state index in [1.165, 1.54) is 12.1 Å². The van der Waals surface area contributed by atoms with Gasteiger partial charge in [0.05, 0.1) is 6.04 Å². The highest BCUT2D eigenvalue weighted by Gasteiger charge is 2.11. The molecule has 0 saturated carbocycles. The van der Waals surface area contributed by atoms with Gasteiger partial charge in [-0.25, -0.2) is 4.39 Å². The maximum absolute atomic E-state index is 12.9. The van der Waals surface area contributed by atoms with Gasteiger partial charge in [0, 0.05) is 5.69 Å². The van der Waals surface area contributed by atoms with Gasteiger partial charge < -0.3 is 11.1 Å². The molecule has 1 aromatic rings. The Morgan fingerprint density at radius 2 is 2.27 bits per heavy atom. The van der Waals surface area contributed by atoms with E-state index in [0.717, 1.165) is 0 Å². The number of rotatable bonds is 3. The number of anilines is 1. The first-order chi connectivity index (χ1) is 7.04. The number of benzene rings is 1. The normalized spacial score (nSPS) is 12.3. The lowest BCUT2D eigenvalue weighted by atomic mass is 10.2. The van der Waals surface area contributed by atoms with Crippen LogP contribution in [-0.2, 0) is 4.79 Å². The molecule has 0 saturated heterocycles. The van der Waals surface area contributed by atoms with Crippen LogP contribution in [0, 0.1) is 12.7 Å². The Balaban J connectivity index is 2.73. The minimum Gasteiger partial charge on any atom is -0.325 e. The van der Waals surface area contributed by atoms with Crippen molar-refractivity contribution in [2.45, 2.75) is 26.3 Å². The van der Waals surface area contributed by atoms with E-state index < -0.39 is 6.04 Å². The molecule has 3 nitrogen and oxygen atoms in total. The molecule has 82 valence electrons. The molecule has 0 spiro atoms. The van der Waals surface area contributed by atoms with Crippen molar-refractivity contribution in [3.05, 3.63) is 29.6 Å². The number of aryl methyl sites for hydroxylation is 1. The van der Waals surface area contributed by atoms with Crippen LogP contribution in [0.15, 0.2) is 18.2 Å². The number of nitrogens with two attached hydrogens (primary N) is 1. The Bertz CT molecular complexity index is 366. The lowest BCUT2D eigenvalue weighted by molar-refractivity contribution is -0.117. The molecule has 1 atom stereocenters. The van der Waals surface area contributed by atoms with E-state index in [0.29, 0.717) is 17.7 Å². The molecule has 0 aliphatic carbocycles. The monoisotopic (exact) mass is 210 g/mol. The summed E-state index contributed by atoms with van der Waals surface area (Å²) in [5.41, 5.74) is 6.62. The molecular weight excluding hydrogens is 195 g/mol. The van der Waals surface area contributed by atoms with Crippen LogP contribution in [0.5, 0.6) is 0 Å². The van der Waals surface area contributed by atoms with Crippen molar-refractivity contribution in [2.24, 2.45) is 5.73 Å². The molecule has 4 heteroatoms. The second-order valence-corrected chi connectivity index (χ2v) is 3.47. The number of hydrogen-bond donors (Lipinski definition) is 2. The second kappa shape index (κ2) is 4.89. The van der Waals surface area contributed by atoms with Crippen LogP contribution in [0.3, 0.4) is 0 Å². The van der Waals surface area contributed by atoms with Crippen LogP contribution in [-0.4, -0.2) is 11.9 Å². The van der Waals surface area contributed by atoms with Crippen molar-refractivity contribution >= 4 is 11.6 Å². The Morgan fingerprint density at radius 1 is 1.60 bits per heavy atom. The fraction of sp³-hybridized carbons (Fsp3) is 0.364. The van der Waals surface area contributed by atoms with E-state index in [9.17, 15) is 9.18 Å². The smallest absolute Gasteiger partial charge is 0.241 e. The van der Waals surface area contributed by atoms with E-state index in [1.54, 1.807) is 13.0 Å². The topological polar surface area (TPSA) is 55.1 Å². The van der Waals surface area contributed by atoms with Gasteiger partial charge >= 0.3 is 0 Å². The molecule has 1 rings (SSSR count). The van der Waals surface area contributed by atoms with Crippen molar-refractivity contribution in [3.63, 3.8) is 0 Å². The maximum Gasteiger partial charge on any atom is 0.241 e. The summed E-state index contributed by atoms with van der Waals surface area (Å²) in [5, 5.41) is 2.63. The van der Waals surface area contributed by atoms with Gasteiger partial charge in [0.2, 0.25) is 5.91 Å². The first-order valence-corrected chi connectivity index (χ1v) is 4.87. The molecule has 1 aromatic carbocycles. The summed E-state index contributed by atoms with van der Waals surface area (Å²) in [4.78, 5) is 11.4. The molecule has 0 aromatic heterocycles. The van der Waals surface area contributed by atoms with Crippen molar-refractivity contribution in [3.8, 4) is 0 Å². The molecule has 0 radical (unpaired) electrons. The molecule has 3 N–H and O–H groups in total. The summed E-state index contributed by atoms with van der Waals surface area (Å²) < 4.78 is 12.9. The average molecular weight is 210 g/mol. The zero-order chi connectivity index (χ0) is 11.4. The van der Waals surface area contributed by atoms with Gasteiger partial charge in [-0.2, -0.15) is 0 Å². The van der Waals surface area contributed by atoms with Gasteiger partial charge in [-0.15, -0.1) is 0 Å². The average Bonchev–Trinajstić information content (AvgIpc) is 2.22. The number of halogens is 1. The Morgan fingerprint density at radius 3 is 2.80 bits per heavy atom. The summed E-state index contributed by atoms with van der Waals surface area (Å²) in [7, 11) is 0. The zero-order valence-electron chi connectivity index (χ0n) is 8.88. The first kappa shape index (κ1) is 11.7. The van der Waals surface area contributed by atoms with Crippen LogP contribution in [0.4, 0.5) is 10.1 Å². The van der Waals surface area contributed by atoms with E-state index in [4.69, 9.17) is 5.73 Å². The standard InChI is InChI=1S/C11H15FN2O/c1-3-10(13)11(15)14-8-4-5-9(12)7(2)6-8/h4-6,10H,3,13H2,1-2H3,(H,14,15). The second-order valence-electron chi connectivity index (χ2n) is 3.47. The van der Waals surface area contributed by atoms with Crippen LogP contribution in [0.1, 0.15) is 18.9 Å². The molecule has 0 aliphatic rings. The molecule has 1 amide bonds. The van der Waals surface area contributed by atoms with Crippen molar-refractivity contribution in [2.75, 3.05) is 5.32 Å². The largest absolute Gasteiger partial charge is 0.325 e. The predicted octanol–water partition coefficient (Wildman–Crippen LogP) is 1.81. The van der Waals surface area contributed by atoms with Crippen LogP contribution in [0.2, 0.25) is 0 Å². The van der Waals surface area contributed by atoms with E-state index in [2.05, 4.69) is 5.32 Å². The van der Waals surface area contributed by atoms with Gasteiger partial charge in [-0.05, 0) is 37.1 Å². The Labute approximate surface area is 88.5 Å². The number of carbonyl (C=O) groups excluding carboxylic acids is 1. The number of amides is 1. The molecule has 0 heterocycles. The molecular formula is C11H15FN2O. The third-order valence-electron chi connectivity index (χ3n) is 2.20. The zero-order valence-corrected chi connectivity index (χ0v) is 8.88. The Kier molecular flexibility index (Phi) is 3.80. The lowest BCUT2D eigenvalue weighted by Gasteiger charge is -2.10. The van der Waals surface area contributed by atoms with Crippen molar-refractivity contribution < 1.29 is 9.18 Å². The fourth-order valence-electron chi connectivity index (χ4n) is 1.14. The third kappa shape index (κ3) is 3.02. The highest BCUT2D eigenvalue weighted by Crippen LogP contribution is 2.13. The number of carbonyl (C=O) groups is 1. The predicted molar refractivity (Wildman–Crippen MR) is 58.0 cm³/mol. The third-order valence-corrected chi connectivity index (χ3v) is 2.20. The van der Waals surface area contributed by atoms with Gasteiger partial charge in [0.1, 0.15) is 5.82 Å². The van der Waals surface area contributed by atoms with Gasteiger partial charge in [0.25, 0.3) is 0 Å². The first-order valence-electron chi connectivity index (χ1n) is 4.87. The Hall–Kier alpha value is -1.42. The summed E-state index contributed by atoms with van der Waals surface area (Å²) in [5.74, 6) is -0.531. The quantitative estimate of drug-likeness (QED) is 0.799. The molecule has 15 heavy (non-hydrogen) atoms. The molecule has 0 bridgehead atoms. The van der Waals surface area contributed by atoms with Crippen molar-refractivity contribution in [1.29, 1.82) is 0 Å². The molecule has 0 aliphatic heterocycles. The minimum absolute atomic E-state index is 0.247. The van der Waals surface area contributed by atoms with Gasteiger partial charge in [0.15, 0.2) is 0 Å². The highest BCUT2D eigenvalue weighted by molar-refractivity contribution is 5.94. The number of nitrogens with one attached hydrogen (secondary N) is 1. The van der Waals surface area contributed by atoms with Crippen LogP contribution < -0.4 is 11.1 Å². The van der Waals surface area contributed by atoms with E-state index >= 15 is 0 Å². The fourth-order valence-corrected chi connectivity index (χ4v) is 1.14. The summed E-state index contributed by atoms with van der Waals surface area (Å²) in [6.45, 7) is 3.48. The number of hydrogen-bond acceptors (Lipinski definition) is 2. The van der Waals surface area contributed by atoms with E-state index in [-0.39, 0.29) is 11.7 Å². The van der Waals surface area contributed by atoms with E-state index in [1.807, 2.05) is 6.92 Å². The van der Waals surface area contributed by atoms with Crippen LogP contribution >= 0.6 is 0 Å². The summed E-state index contributed by atoms with van der Waals surface area (Å²) in [6, 6.07) is 3.90. The van der Waals surface area contributed by atoms with Crippen molar-refractivity contribution in [1.82, 2.24) is 0 Å². The SMILES string of the molecule is CCC(N)C(=O)Nc1ccc(F)c(C)c1. The maximum atomic E-state index is 12.9. The molecule has 0 fully saturated rings. The van der Waals surface area contributed by atoms with Gasteiger partial charge in [-0.3, -0.25) is 4.79 Å². The minimum atomic E-state index is -0.518. The highest BCUT2D eigenvalue weighted by atomic mass is 19.1. The van der Waals surface area contributed by atoms with Crippen LogP contribution in [0.25, 0.3) is 0 Å². The van der Waals surface area contributed by atoms with Gasteiger partial charge in [-0.1, -0.05) is 6.92 Å². The lowest BCUT2D eigenvalue weighted by Crippen LogP contribution is -2.34. The summed E-state index contributed by atoms with van der Waals surface area (Å²) >= 11 is 0. The molecule has 1 unspecified atom stereocenters. The summed E-state index contributed by atoms with van der Waals surface area (Å²) in [6.07, 6.45) is 0.575.